The van der Waals surface area contributed by atoms with Crippen LogP contribution < -0.4 is 4.74 Å². The second-order valence-corrected chi connectivity index (χ2v) is 9.91. The lowest BCUT2D eigenvalue weighted by Gasteiger charge is -2.36. The van der Waals surface area contributed by atoms with Gasteiger partial charge in [-0.05, 0) is 73.9 Å². The number of aliphatic hydroxyl groups excluding tert-OH is 1. The first kappa shape index (κ1) is 26.7. The molecule has 33 heavy (non-hydrogen) atoms. The molecule has 2 unspecified atom stereocenters. The summed E-state index contributed by atoms with van der Waals surface area (Å²) < 4.78 is 12.3. The summed E-state index contributed by atoms with van der Waals surface area (Å²) in [7, 11) is 0. The van der Waals surface area contributed by atoms with Crippen molar-refractivity contribution < 1.29 is 24.5 Å². The molecule has 1 heterocycles. The highest BCUT2D eigenvalue weighted by atomic mass is 16.5. The fraction of sp³-hybridized carbons (Fsp3) is 0.536. The average molecular weight is 457 g/mol. The molecule has 0 bridgehead atoms. The third-order valence-electron chi connectivity index (χ3n) is 6.55. The van der Waals surface area contributed by atoms with E-state index in [4.69, 9.17) is 9.47 Å². The maximum Gasteiger partial charge on any atom is 0.335 e. The fourth-order valence-electron chi connectivity index (χ4n) is 4.03. The fourth-order valence-corrected chi connectivity index (χ4v) is 4.03. The number of carboxylic acid groups (broad SMARTS) is 1. The molecule has 0 aliphatic carbocycles. The summed E-state index contributed by atoms with van der Waals surface area (Å²) in [5, 5.41) is 19.7. The van der Waals surface area contributed by atoms with E-state index >= 15 is 0 Å². The average Bonchev–Trinajstić information content (AvgIpc) is 2.84. The number of ether oxygens (including phenoxy) is 2. The second-order valence-electron chi connectivity index (χ2n) is 9.91. The van der Waals surface area contributed by atoms with E-state index in [1.807, 2.05) is 46.8 Å². The van der Waals surface area contributed by atoms with Crippen molar-refractivity contribution in [2.24, 2.45) is 5.41 Å². The standard InChI is InChI=1S/C28H40O5/c1-8-28(9-2,25-12-10-11-21(26(30)31)14-13-20(4)33-25)22-15-16-23(19(3)17-22)32-18-24(29)27(5,6)7/h11-17,20,24,29H,8-10,18H2,1-7H3,(H,30,31)/b14-13-,21-11+,25-12-. The molecule has 0 fully saturated rings. The molecule has 0 saturated heterocycles. The van der Waals surface area contributed by atoms with Gasteiger partial charge in [0.2, 0.25) is 0 Å². The quantitative estimate of drug-likeness (QED) is 0.494. The Bertz CT molecular complexity index is 913. The van der Waals surface area contributed by atoms with Crippen molar-refractivity contribution in [1.29, 1.82) is 0 Å². The first-order valence-corrected chi connectivity index (χ1v) is 11.9. The Kier molecular flexibility index (Phi) is 8.96. The second kappa shape index (κ2) is 11.1. The molecule has 1 aromatic rings. The summed E-state index contributed by atoms with van der Waals surface area (Å²) in [6.45, 7) is 14.5. The first-order chi connectivity index (χ1) is 15.4. The number of allylic oxidation sites excluding steroid dienone is 3. The number of aliphatic carboxylic acids is 1. The zero-order valence-corrected chi connectivity index (χ0v) is 21.1. The lowest BCUT2D eigenvalue weighted by atomic mass is 9.73. The molecule has 0 spiro atoms. The van der Waals surface area contributed by atoms with Gasteiger partial charge >= 0.3 is 5.97 Å². The van der Waals surface area contributed by atoms with Crippen molar-refractivity contribution in [3.63, 3.8) is 0 Å². The maximum atomic E-state index is 11.5. The van der Waals surface area contributed by atoms with Crippen LogP contribution in [0.4, 0.5) is 0 Å². The van der Waals surface area contributed by atoms with E-state index in [2.05, 4.69) is 26.0 Å². The highest BCUT2D eigenvalue weighted by Crippen LogP contribution is 2.42. The van der Waals surface area contributed by atoms with Gasteiger partial charge in [0.05, 0.1) is 17.1 Å². The smallest absolute Gasteiger partial charge is 0.335 e. The lowest BCUT2D eigenvalue weighted by molar-refractivity contribution is -0.132. The van der Waals surface area contributed by atoms with Gasteiger partial charge in [-0.3, -0.25) is 0 Å². The Morgan fingerprint density at radius 3 is 2.42 bits per heavy atom. The molecule has 2 N–H and O–H groups in total. The Labute approximate surface area is 198 Å². The van der Waals surface area contributed by atoms with Crippen LogP contribution >= 0.6 is 0 Å². The molecule has 182 valence electrons. The number of benzene rings is 1. The van der Waals surface area contributed by atoms with Crippen LogP contribution in [0.2, 0.25) is 0 Å². The molecular formula is C28H40O5. The molecule has 1 aliphatic rings. The van der Waals surface area contributed by atoms with Crippen molar-refractivity contribution in [3.8, 4) is 5.75 Å². The summed E-state index contributed by atoms with van der Waals surface area (Å²) in [5.74, 6) is 0.692. The zero-order chi connectivity index (χ0) is 24.8. The van der Waals surface area contributed by atoms with Crippen LogP contribution in [0.15, 0.2) is 53.8 Å². The minimum atomic E-state index is -0.935. The van der Waals surface area contributed by atoms with Gasteiger partial charge in [0, 0.05) is 0 Å². The van der Waals surface area contributed by atoms with E-state index in [9.17, 15) is 15.0 Å². The minimum absolute atomic E-state index is 0.242. The molecule has 0 radical (unpaired) electrons. The van der Waals surface area contributed by atoms with E-state index in [1.165, 1.54) is 0 Å². The van der Waals surface area contributed by atoms with Crippen LogP contribution in [-0.2, 0) is 14.9 Å². The molecule has 0 amide bonds. The van der Waals surface area contributed by atoms with E-state index in [0.29, 0.717) is 6.42 Å². The Morgan fingerprint density at radius 2 is 1.88 bits per heavy atom. The van der Waals surface area contributed by atoms with Crippen molar-refractivity contribution >= 4 is 5.97 Å². The van der Waals surface area contributed by atoms with Crippen LogP contribution in [0.5, 0.6) is 5.75 Å². The van der Waals surface area contributed by atoms with Crippen LogP contribution in [0, 0.1) is 12.3 Å². The number of hydrogen-bond donors (Lipinski definition) is 2. The van der Waals surface area contributed by atoms with Gasteiger partial charge in [0.1, 0.15) is 24.2 Å². The van der Waals surface area contributed by atoms with Gasteiger partial charge < -0.3 is 19.7 Å². The van der Waals surface area contributed by atoms with Crippen LogP contribution in [0.1, 0.15) is 71.9 Å². The minimum Gasteiger partial charge on any atom is -0.491 e. The van der Waals surface area contributed by atoms with Gasteiger partial charge in [-0.15, -0.1) is 0 Å². The van der Waals surface area contributed by atoms with Gasteiger partial charge in [-0.1, -0.05) is 52.8 Å². The number of rotatable bonds is 8. The zero-order valence-electron chi connectivity index (χ0n) is 21.1. The third kappa shape index (κ3) is 6.50. The highest BCUT2D eigenvalue weighted by molar-refractivity contribution is 5.89. The van der Waals surface area contributed by atoms with Crippen LogP contribution in [-0.4, -0.2) is 35.0 Å². The van der Waals surface area contributed by atoms with E-state index < -0.39 is 12.1 Å². The summed E-state index contributed by atoms with van der Waals surface area (Å²) in [5.41, 5.74) is 1.84. The van der Waals surface area contributed by atoms with Crippen molar-refractivity contribution in [2.75, 3.05) is 6.61 Å². The van der Waals surface area contributed by atoms with Crippen LogP contribution in [0.3, 0.4) is 0 Å². The first-order valence-electron chi connectivity index (χ1n) is 11.9. The summed E-state index contributed by atoms with van der Waals surface area (Å²) in [6.07, 6.45) is 8.49. The van der Waals surface area contributed by atoms with Gasteiger partial charge in [-0.2, -0.15) is 0 Å². The molecule has 0 aromatic heterocycles. The number of carboxylic acids is 1. The van der Waals surface area contributed by atoms with Gasteiger partial charge in [0.25, 0.3) is 0 Å². The van der Waals surface area contributed by atoms with Crippen molar-refractivity contribution in [3.05, 3.63) is 65.0 Å². The molecule has 2 rings (SSSR count). The maximum absolute atomic E-state index is 11.5. The Morgan fingerprint density at radius 1 is 1.21 bits per heavy atom. The largest absolute Gasteiger partial charge is 0.491 e. The molecule has 1 aromatic carbocycles. The topological polar surface area (TPSA) is 76.0 Å². The SMILES string of the molecule is CCC(CC)(/C1=C/C/C=C(C(=O)O)\C=C/C(C)O1)c1ccc(OCC(O)C(C)(C)C)c(C)c1. The summed E-state index contributed by atoms with van der Waals surface area (Å²) >= 11 is 0. The normalized spacial score (nSPS) is 22.4. The van der Waals surface area contributed by atoms with E-state index in [-0.39, 0.29) is 29.1 Å². The van der Waals surface area contributed by atoms with Crippen LogP contribution in [0.25, 0.3) is 0 Å². The number of aliphatic hydroxyl groups is 1. The summed E-state index contributed by atoms with van der Waals surface area (Å²) in [4.78, 5) is 11.5. The number of carbonyl (C=O) groups is 1. The predicted octanol–water partition coefficient (Wildman–Crippen LogP) is 6.10. The van der Waals surface area contributed by atoms with E-state index in [1.54, 1.807) is 18.2 Å². The Hall–Kier alpha value is -2.53. The predicted molar refractivity (Wildman–Crippen MR) is 133 cm³/mol. The molecule has 5 nitrogen and oxygen atoms in total. The highest BCUT2D eigenvalue weighted by Gasteiger charge is 2.35. The molecule has 1 aliphatic heterocycles. The Balaban J connectivity index is 2.39. The molecular weight excluding hydrogens is 416 g/mol. The van der Waals surface area contributed by atoms with Gasteiger partial charge in [-0.25, -0.2) is 4.79 Å². The molecule has 5 heteroatoms. The summed E-state index contributed by atoms with van der Waals surface area (Å²) in [6, 6.07) is 6.19. The number of aryl methyl sites for hydroxylation is 1. The van der Waals surface area contributed by atoms with Gasteiger partial charge in [0.15, 0.2) is 0 Å². The van der Waals surface area contributed by atoms with Crippen molar-refractivity contribution in [2.45, 2.75) is 85.4 Å². The third-order valence-corrected chi connectivity index (χ3v) is 6.55. The molecule has 2 atom stereocenters. The van der Waals surface area contributed by atoms with Crippen molar-refractivity contribution in [1.82, 2.24) is 0 Å². The number of hydrogen-bond acceptors (Lipinski definition) is 4. The molecule has 0 saturated carbocycles. The van der Waals surface area contributed by atoms with E-state index in [0.717, 1.165) is 35.5 Å². The monoisotopic (exact) mass is 456 g/mol. The lowest BCUT2D eigenvalue weighted by Crippen LogP contribution is -2.32.